The summed E-state index contributed by atoms with van der Waals surface area (Å²) in [6.07, 6.45) is 13.3. The quantitative estimate of drug-likeness (QED) is 0.683. The first-order chi connectivity index (χ1) is 11.9. The maximum Gasteiger partial charge on any atom is 0.0833 e. The van der Waals surface area contributed by atoms with Gasteiger partial charge in [-0.05, 0) is 68.6 Å². The van der Waals surface area contributed by atoms with Crippen LogP contribution in [0.25, 0.3) is 0 Å². The summed E-state index contributed by atoms with van der Waals surface area (Å²) in [5.41, 5.74) is 0.476. The van der Waals surface area contributed by atoms with Crippen molar-refractivity contribution >= 4 is 0 Å². The van der Waals surface area contributed by atoms with E-state index in [0.29, 0.717) is 23.2 Å². The van der Waals surface area contributed by atoms with Crippen molar-refractivity contribution in [3.05, 3.63) is 12.2 Å². The Labute approximate surface area is 154 Å². The van der Waals surface area contributed by atoms with Crippen LogP contribution in [-0.4, -0.2) is 37.6 Å². The fourth-order valence-electron chi connectivity index (χ4n) is 6.27. The standard InChI is InChI=1S/C22H38O3/c1-15(8-11-20(25-5)22(13-14-22)16(2)24-4)17-9-10-18-19(23)7-6-12-21(17,18)3/h8,11,15-20,23H,6-7,9-10,12-14H2,1-5H3/b11-8+/t15-,16?,17?,18?,19?,20?,21-/m1/s1. The molecule has 0 radical (unpaired) electrons. The minimum atomic E-state index is -0.0797. The summed E-state index contributed by atoms with van der Waals surface area (Å²) in [5, 5.41) is 10.5. The van der Waals surface area contributed by atoms with Crippen LogP contribution in [0.2, 0.25) is 0 Å². The van der Waals surface area contributed by atoms with E-state index in [0.717, 1.165) is 6.42 Å². The van der Waals surface area contributed by atoms with E-state index in [2.05, 4.69) is 32.9 Å². The van der Waals surface area contributed by atoms with Crippen molar-refractivity contribution in [3.63, 3.8) is 0 Å². The molecule has 0 aromatic carbocycles. The van der Waals surface area contributed by atoms with E-state index in [-0.39, 0.29) is 23.7 Å². The Balaban J connectivity index is 1.69. The molecule has 0 saturated heterocycles. The fourth-order valence-corrected chi connectivity index (χ4v) is 6.27. The molecule has 0 amide bonds. The molecule has 3 nitrogen and oxygen atoms in total. The van der Waals surface area contributed by atoms with Gasteiger partial charge < -0.3 is 14.6 Å². The van der Waals surface area contributed by atoms with Gasteiger partial charge in [0.1, 0.15) is 0 Å². The van der Waals surface area contributed by atoms with Gasteiger partial charge in [-0.1, -0.05) is 32.4 Å². The molecule has 0 aromatic heterocycles. The second-order valence-corrected chi connectivity index (χ2v) is 9.27. The van der Waals surface area contributed by atoms with E-state index < -0.39 is 0 Å². The Morgan fingerprint density at radius 3 is 2.32 bits per heavy atom. The topological polar surface area (TPSA) is 38.7 Å². The molecular formula is C22H38O3. The predicted octanol–water partition coefficient (Wildman–Crippen LogP) is 4.59. The highest BCUT2D eigenvalue weighted by atomic mass is 16.5. The SMILES string of the molecule is COC(C)C1(C(/C=C/[C@@H](C)C2CCC3C(O)CCC[C@@]32C)OC)CC1. The van der Waals surface area contributed by atoms with Gasteiger partial charge in [0.15, 0.2) is 0 Å². The highest BCUT2D eigenvalue weighted by Gasteiger charge is 2.54. The molecule has 3 saturated carbocycles. The zero-order chi connectivity index (χ0) is 18.2. The average Bonchev–Trinajstić information content (AvgIpc) is 3.31. The Bertz CT molecular complexity index is 484. The number of rotatable bonds is 7. The third kappa shape index (κ3) is 3.33. The first-order valence-corrected chi connectivity index (χ1v) is 10.3. The highest BCUT2D eigenvalue weighted by Crippen LogP contribution is 2.58. The Hall–Kier alpha value is -0.380. The van der Waals surface area contributed by atoms with Crippen molar-refractivity contribution in [3.8, 4) is 0 Å². The molecule has 7 atom stereocenters. The van der Waals surface area contributed by atoms with Gasteiger partial charge in [-0.2, -0.15) is 0 Å². The molecule has 3 fully saturated rings. The van der Waals surface area contributed by atoms with Gasteiger partial charge in [0.25, 0.3) is 0 Å². The number of methoxy groups -OCH3 is 2. The Morgan fingerprint density at radius 1 is 1.00 bits per heavy atom. The van der Waals surface area contributed by atoms with Crippen LogP contribution in [0.3, 0.4) is 0 Å². The zero-order valence-corrected chi connectivity index (χ0v) is 16.8. The normalized spacial score (nSPS) is 40.6. The number of fused-ring (bicyclic) bond motifs is 1. The average molecular weight is 351 g/mol. The lowest BCUT2D eigenvalue weighted by atomic mass is 9.62. The van der Waals surface area contributed by atoms with Crippen molar-refractivity contribution in [1.82, 2.24) is 0 Å². The molecule has 0 bridgehead atoms. The van der Waals surface area contributed by atoms with Crippen molar-refractivity contribution in [1.29, 1.82) is 0 Å². The Morgan fingerprint density at radius 2 is 1.72 bits per heavy atom. The van der Waals surface area contributed by atoms with Gasteiger partial charge in [-0.15, -0.1) is 0 Å². The first-order valence-electron chi connectivity index (χ1n) is 10.3. The van der Waals surface area contributed by atoms with E-state index >= 15 is 0 Å². The van der Waals surface area contributed by atoms with Gasteiger partial charge in [-0.3, -0.25) is 0 Å². The number of aliphatic hydroxyl groups excluding tert-OH is 1. The van der Waals surface area contributed by atoms with Gasteiger partial charge in [0, 0.05) is 19.6 Å². The van der Waals surface area contributed by atoms with Crippen LogP contribution in [0.4, 0.5) is 0 Å². The van der Waals surface area contributed by atoms with Crippen LogP contribution < -0.4 is 0 Å². The van der Waals surface area contributed by atoms with E-state index in [4.69, 9.17) is 9.47 Å². The summed E-state index contributed by atoms with van der Waals surface area (Å²) in [5.74, 6) is 1.71. The molecule has 3 aliphatic rings. The molecule has 144 valence electrons. The third-order valence-electron chi connectivity index (χ3n) is 8.20. The molecule has 0 heterocycles. The monoisotopic (exact) mass is 350 g/mol. The second kappa shape index (κ2) is 7.32. The molecular weight excluding hydrogens is 312 g/mol. The second-order valence-electron chi connectivity index (χ2n) is 9.27. The van der Waals surface area contributed by atoms with Crippen molar-refractivity contribution in [2.45, 2.75) is 84.0 Å². The van der Waals surface area contributed by atoms with E-state index in [1.54, 1.807) is 7.11 Å². The molecule has 0 aromatic rings. The number of ether oxygens (including phenoxy) is 2. The maximum atomic E-state index is 10.5. The molecule has 1 N–H and O–H groups in total. The summed E-state index contributed by atoms with van der Waals surface area (Å²) >= 11 is 0. The van der Waals surface area contributed by atoms with Gasteiger partial charge in [0.05, 0.1) is 18.3 Å². The number of hydrogen-bond acceptors (Lipinski definition) is 3. The van der Waals surface area contributed by atoms with Gasteiger partial charge in [-0.25, -0.2) is 0 Å². The minimum absolute atomic E-state index is 0.0797. The lowest BCUT2D eigenvalue weighted by Crippen LogP contribution is -2.41. The van der Waals surface area contributed by atoms with Gasteiger partial charge in [0.2, 0.25) is 0 Å². The van der Waals surface area contributed by atoms with Crippen LogP contribution >= 0.6 is 0 Å². The molecule has 3 aliphatic carbocycles. The van der Waals surface area contributed by atoms with Gasteiger partial charge >= 0.3 is 0 Å². The fraction of sp³-hybridized carbons (Fsp3) is 0.909. The predicted molar refractivity (Wildman–Crippen MR) is 101 cm³/mol. The molecule has 0 spiro atoms. The number of hydrogen-bond donors (Lipinski definition) is 1. The first kappa shape index (κ1) is 19.4. The maximum absolute atomic E-state index is 10.5. The van der Waals surface area contributed by atoms with Crippen LogP contribution in [0.5, 0.6) is 0 Å². The van der Waals surface area contributed by atoms with Crippen LogP contribution in [0.15, 0.2) is 12.2 Å². The third-order valence-corrected chi connectivity index (χ3v) is 8.20. The van der Waals surface area contributed by atoms with Crippen LogP contribution in [-0.2, 0) is 9.47 Å². The molecule has 0 aliphatic heterocycles. The number of aliphatic hydroxyl groups is 1. The summed E-state index contributed by atoms with van der Waals surface area (Å²) in [7, 11) is 3.63. The van der Waals surface area contributed by atoms with Crippen molar-refractivity contribution < 1.29 is 14.6 Å². The summed E-state index contributed by atoms with van der Waals surface area (Å²) in [6, 6.07) is 0. The van der Waals surface area contributed by atoms with E-state index in [1.165, 1.54) is 38.5 Å². The largest absolute Gasteiger partial charge is 0.393 e. The Kier molecular flexibility index (Phi) is 5.68. The molecule has 5 unspecified atom stereocenters. The smallest absolute Gasteiger partial charge is 0.0833 e. The summed E-state index contributed by atoms with van der Waals surface area (Å²) in [6.45, 7) is 6.97. The minimum Gasteiger partial charge on any atom is -0.393 e. The van der Waals surface area contributed by atoms with Crippen molar-refractivity contribution in [2.75, 3.05) is 14.2 Å². The lowest BCUT2D eigenvalue weighted by molar-refractivity contribution is -0.0249. The number of allylic oxidation sites excluding steroid dienone is 1. The zero-order valence-electron chi connectivity index (χ0n) is 16.8. The molecule has 3 rings (SSSR count). The van der Waals surface area contributed by atoms with E-state index in [1.807, 2.05) is 7.11 Å². The lowest BCUT2D eigenvalue weighted by Gasteiger charge is -2.44. The van der Waals surface area contributed by atoms with Crippen LogP contribution in [0, 0.1) is 28.6 Å². The molecule has 25 heavy (non-hydrogen) atoms. The van der Waals surface area contributed by atoms with Crippen LogP contribution in [0.1, 0.15) is 65.7 Å². The summed E-state index contributed by atoms with van der Waals surface area (Å²) in [4.78, 5) is 0. The summed E-state index contributed by atoms with van der Waals surface area (Å²) < 4.78 is 11.5. The van der Waals surface area contributed by atoms with E-state index in [9.17, 15) is 5.11 Å². The van der Waals surface area contributed by atoms with Crippen molar-refractivity contribution in [2.24, 2.45) is 28.6 Å². The highest BCUT2D eigenvalue weighted by molar-refractivity contribution is 5.13. The molecule has 3 heteroatoms.